The van der Waals surface area contributed by atoms with Crippen LogP contribution in [0.15, 0.2) is 24.3 Å². The number of ether oxygens (including phenoxy) is 1. The number of rotatable bonds is 4. The maximum atomic E-state index is 11.2. The van der Waals surface area contributed by atoms with Gasteiger partial charge in [0, 0.05) is 6.54 Å². The van der Waals surface area contributed by atoms with Gasteiger partial charge in [0.2, 0.25) is 11.8 Å². The average Bonchev–Trinajstić information content (AvgIpc) is 2.35. The first-order valence-corrected chi connectivity index (χ1v) is 5.86. The van der Waals surface area contributed by atoms with Gasteiger partial charge >= 0.3 is 0 Å². The van der Waals surface area contributed by atoms with E-state index in [1.165, 1.54) is 0 Å². The summed E-state index contributed by atoms with van der Waals surface area (Å²) in [6.07, 6.45) is 0.755. The molecule has 0 atom stereocenters. The molecule has 1 fully saturated rings. The average molecular weight is 248 g/mol. The fourth-order valence-electron chi connectivity index (χ4n) is 2.04. The van der Waals surface area contributed by atoms with Crippen molar-refractivity contribution in [1.29, 1.82) is 0 Å². The molecule has 1 aromatic rings. The molecule has 0 aromatic heterocycles. The van der Waals surface area contributed by atoms with Crippen LogP contribution in [0.5, 0.6) is 5.75 Å². The van der Waals surface area contributed by atoms with Gasteiger partial charge in [0.1, 0.15) is 5.75 Å². The van der Waals surface area contributed by atoms with Gasteiger partial charge in [-0.2, -0.15) is 0 Å². The molecule has 1 saturated heterocycles. The lowest BCUT2D eigenvalue weighted by Crippen LogP contribution is -2.51. The van der Waals surface area contributed by atoms with Crippen molar-refractivity contribution in [2.45, 2.75) is 6.42 Å². The van der Waals surface area contributed by atoms with Crippen LogP contribution in [0.4, 0.5) is 0 Å². The molecule has 5 heteroatoms. The SMILES string of the molecule is COc1ccccc1CCN1CC(=O)NC(=O)C1. The third-order valence-corrected chi connectivity index (χ3v) is 2.90. The van der Waals surface area contributed by atoms with E-state index in [4.69, 9.17) is 4.74 Å². The molecule has 2 amide bonds. The summed E-state index contributed by atoms with van der Waals surface area (Å²) in [7, 11) is 1.64. The summed E-state index contributed by atoms with van der Waals surface area (Å²) in [5.74, 6) is 0.378. The van der Waals surface area contributed by atoms with Crippen LogP contribution in [-0.2, 0) is 16.0 Å². The van der Waals surface area contributed by atoms with Crippen LogP contribution in [0.3, 0.4) is 0 Å². The number of carbonyl (C=O) groups excluding carboxylic acids is 2. The number of imide groups is 1. The third kappa shape index (κ3) is 3.07. The Hall–Kier alpha value is -1.88. The normalized spacial score (nSPS) is 16.5. The van der Waals surface area contributed by atoms with Gasteiger partial charge in [0.15, 0.2) is 0 Å². The number of carbonyl (C=O) groups is 2. The number of amides is 2. The van der Waals surface area contributed by atoms with E-state index in [2.05, 4.69) is 5.32 Å². The maximum absolute atomic E-state index is 11.2. The van der Waals surface area contributed by atoms with E-state index in [-0.39, 0.29) is 24.9 Å². The molecular weight excluding hydrogens is 232 g/mol. The van der Waals surface area contributed by atoms with Crippen molar-refractivity contribution in [2.24, 2.45) is 0 Å². The molecule has 0 spiro atoms. The Morgan fingerprint density at radius 2 is 1.89 bits per heavy atom. The van der Waals surface area contributed by atoms with Crippen LogP contribution < -0.4 is 10.1 Å². The second kappa shape index (κ2) is 5.64. The summed E-state index contributed by atoms with van der Waals surface area (Å²) < 4.78 is 5.26. The van der Waals surface area contributed by atoms with E-state index in [0.717, 1.165) is 17.7 Å². The number of piperazine rings is 1. The maximum Gasteiger partial charge on any atom is 0.240 e. The molecular formula is C13H16N2O3. The first-order valence-electron chi connectivity index (χ1n) is 5.86. The predicted molar refractivity (Wildman–Crippen MR) is 66.3 cm³/mol. The van der Waals surface area contributed by atoms with Crippen LogP contribution in [0.2, 0.25) is 0 Å². The molecule has 18 heavy (non-hydrogen) atoms. The molecule has 0 radical (unpaired) electrons. The number of para-hydroxylation sites is 1. The van der Waals surface area contributed by atoms with Gasteiger partial charge in [-0.1, -0.05) is 18.2 Å². The Kier molecular flexibility index (Phi) is 3.94. The van der Waals surface area contributed by atoms with Crippen molar-refractivity contribution >= 4 is 11.8 Å². The number of nitrogens with zero attached hydrogens (tertiary/aromatic N) is 1. The van der Waals surface area contributed by atoms with Gasteiger partial charge in [-0.05, 0) is 18.1 Å². The Morgan fingerprint density at radius 3 is 2.56 bits per heavy atom. The van der Waals surface area contributed by atoms with Crippen LogP contribution in [0, 0.1) is 0 Å². The van der Waals surface area contributed by atoms with Crippen molar-refractivity contribution in [2.75, 3.05) is 26.7 Å². The second-order valence-corrected chi connectivity index (χ2v) is 4.24. The fourth-order valence-corrected chi connectivity index (χ4v) is 2.04. The van der Waals surface area contributed by atoms with Crippen LogP contribution in [0.1, 0.15) is 5.56 Å². The van der Waals surface area contributed by atoms with Crippen molar-refractivity contribution in [3.05, 3.63) is 29.8 Å². The second-order valence-electron chi connectivity index (χ2n) is 4.24. The minimum absolute atomic E-state index is 0.230. The molecule has 96 valence electrons. The fraction of sp³-hybridized carbons (Fsp3) is 0.385. The largest absolute Gasteiger partial charge is 0.496 e. The minimum Gasteiger partial charge on any atom is -0.496 e. The first-order chi connectivity index (χ1) is 8.69. The number of methoxy groups -OCH3 is 1. The summed E-state index contributed by atoms with van der Waals surface area (Å²) >= 11 is 0. The third-order valence-electron chi connectivity index (χ3n) is 2.90. The molecule has 0 aliphatic carbocycles. The zero-order valence-corrected chi connectivity index (χ0v) is 10.3. The molecule has 0 unspecified atom stereocenters. The van der Waals surface area contributed by atoms with E-state index in [0.29, 0.717) is 6.54 Å². The Balaban J connectivity index is 1.94. The highest BCUT2D eigenvalue weighted by Crippen LogP contribution is 2.18. The Labute approximate surface area is 106 Å². The quantitative estimate of drug-likeness (QED) is 0.773. The minimum atomic E-state index is -0.230. The molecule has 2 rings (SSSR count). The molecule has 1 aliphatic heterocycles. The highest BCUT2D eigenvalue weighted by Gasteiger charge is 2.21. The smallest absolute Gasteiger partial charge is 0.240 e. The number of nitrogens with one attached hydrogen (secondary N) is 1. The first kappa shape index (κ1) is 12.6. The van der Waals surface area contributed by atoms with Crippen molar-refractivity contribution < 1.29 is 14.3 Å². The Bertz CT molecular complexity index is 443. The van der Waals surface area contributed by atoms with Gasteiger partial charge in [-0.25, -0.2) is 0 Å². The molecule has 5 nitrogen and oxygen atoms in total. The van der Waals surface area contributed by atoms with E-state index >= 15 is 0 Å². The lowest BCUT2D eigenvalue weighted by atomic mass is 10.1. The van der Waals surface area contributed by atoms with Gasteiger partial charge < -0.3 is 4.74 Å². The Morgan fingerprint density at radius 1 is 1.22 bits per heavy atom. The summed E-state index contributed by atoms with van der Waals surface area (Å²) in [6, 6.07) is 7.76. The van der Waals surface area contributed by atoms with Crippen LogP contribution >= 0.6 is 0 Å². The van der Waals surface area contributed by atoms with E-state index in [1.807, 2.05) is 29.2 Å². The van der Waals surface area contributed by atoms with E-state index in [9.17, 15) is 9.59 Å². The van der Waals surface area contributed by atoms with Crippen molar-refractivity contribution in [3.63, 3.8) is 0 Å². The number of hydrogen-bond acceptors (Lipinski definition) is 4. The van der Waals surface area contributed by atoms with Gasteiger partial charge in [-0.3, -0.25) is 19.8 Å². The van der Waals surface area contributed by atoms with Crippen molar-refractivity contribution in [3.8, 4) is 5.75 Å². The summed E-state index contributed by atoms with van der Waals surface area (Å²) in [5.41, 5.74) is 1.08. The molecule has 0 saturated carbocycles. The van der Waals surface area contributed by atoms with Gasteiger partial charge in [-0.15, -0.1) is 0 Å². The van der Waals surface area contributed by atoms with E-state index < -0.39 is 0 Å². The number of benzene rings is 1. The highest BCUT2D eigenvalue weighted by atomic mass is 16.5. The van der Waals surface area contributed by atoms with Gasteiger partial charge in [0.25, 0.3) is 0 Å². The topological polar surface area (TPSA) is 58.6 Å². The highest BCUT2D eigenvalue weighted by molar-refractivity contribution is 5.99. The van der Waals surface area contributed by atoms with Crippen LogP contribution in [-0.4, -0.2) is 43.5 Å². The van der Waals surface area contributed by atoms with Crippen molar-refractivity contribution in [1.82, 2.24) is 10.2 Å². The lowest BCUT2D eigenvalue weighted by Gasteiger charge is -2.25. The molecule has 0 bridgehead atoms. The standard InChI is InChI=1S/C13H16N2O3/c1-18-11-5-3-2-4-10(11)6-7-15-8-12(16)14-13(17)9-15/h2-5H,6-9H2,1H3,(H,14,16,17). The zero-order chi connectivity index (χ0) is 13.0. The summed E-state index contributed by atoms with van der Waals surface area (Å²) in [5, 5.41) is 2.29. The van der Waals surface area contributed by atoms with Crippen LogP contribution in [0.25, 0.3) is 0 Å². The van der Waals surface area contributed by atoms with Gasteiger partial charge in [0.05, 0.1) is 20.2 Å². The zero-order valence-electron chi connectivity index (χ0n) is 10.3. The summed E-state index contributed by atoms with van der Waals surface area (Å²) in [4.78, 5) is 24.3. The molecule has 1 N–H and O–H groups in total. The lowest BCUT2D eigenvalue weighted by molar-refractivity contribution is -0.135. The summed E-state index contributed by atoms with van der Waals surface area (Å²) in [6.45, 7) is 1.22. The molecule has 1 aliphatic rings. The number of hydrogen-bond donors (Lipinski definition) is 1. The predicted octanol–water partition coefficient (Wildman–Crippen LogP) is 0.196. The monoisotopic (exact) mass is 248 g/mol. The van der Waals surface area contributed by atoms with E-state index in [1.54, 1.807) is 7.11 Å². The molecule has 1 heterocycles. The molecule has 1 aromatic carbocycles.